The van der Waals surface area contributed by atoms with Crippen molar-refractivity contribution in [3.05, 3.63) is 89.3 Å². The second-order valence-corrected chi connectivity index (χ2v) is 7.15. The molecule has 0 saturated carbocycles. The molecule has 0 aliphatic carbocycles. The first-order valence-electron chi connectivity index (χ1n) is 9.65. The van der Waals surface area contributed by atoms with Gasteiger partial charge in [-0.2, -0.15) is 5.10 Å². The summed E-state index contributed by atoms with van der Waals surface area (Å²) in [5.41, 5.74) is 2.90. The van der Waals surface area contributed by atoms with Crippen LogP contribution in [0.3, 0.4) is 0 Å². The van der Waals surface area contributed by atoms with Crippen molar-refractivity contribution in [3.63, 3.8) is 0 Å². The van der Waals surface area contributed by atoms with Gasteiger partial charge in [-0.1, -0.05) is 24.3 Å². The van der Waals surface area contributed by atoms with E-state index < -0.39 is 5.91 Å². The predicted octanol–water partition coefficient (Wildman–Crippen LogP) is 3.57. The van der Waals surface area contributed by atoms with Crippen molar-refractivity contribution in [2.45, 2.75) is 27.1 Å². The van der Waals surface area contributed by atoms with Crippen LogP contribution in [0.4, 0.5) is 10.3 Å². The molecule has 2 heterocycles. The van der Waals surface area contributed by atoms with Crippen LogP contribution in [0.1, 0.15) is 27.2 Å². The van der Waals surface area contributed by atoms with E-state index in [2.05, 4.69) is 26.6 Å². The van der Waals surface area contributed by atoms with Gasteiger partial charge in [0.05, 0.1) is 6.54 Å². The van der Waals surface area contributed by atoms with E-state index in [1.807, 2.05) is 26.0 Å². The third kappa shape index (κ3) is 5.13. The highest BCUT2D eigenvalue weighted by Crippen LogP contribution is 2.16. The molecule has 0 bridgehead atoms. The molecular weight excluding hydrogens is 399 g/mol. The molecule has 158 valence electrons. The lowest BCUT2D eigenvalue weighted by atomic mass is 10.1. The quantitative estimate of drug-likeness (QED) is 0.494. The Hall–Kier alpha value is -4.01. The fourth-order valence-electron chi connectivity index (χ4n) is 3.11. The fourth-order valence-corrected chi connectivity index (χ4v) is 3.11. The highest BCUT2D eigenvalue weighted by Gasteiger charge is 2.13. The van der Waals surface area contributed by atoms with Crippen molar-refractivity contribution in [3.8, 4) is 5.75 Å². The molecule has 0 aliphatic rings. The molecule has 4 aromatic rings. The fraction of sp³-hybridized carbons (Fsp3) is 0.182. The molecule has 2 aromatic carbocycles. The zero-order chi connectivity index (χ0) is 21.8. The Morgan fingerprint density at radius 2 is 1.84 bits per heavy atom. The largest absolute Gasteiger partial charge is 0.471 e. The van der Waals surface area contributed by atoms with Crippen molar-refractivity contribution in [2.24, 2.45) is 0 Å². The van der Waals surface area contributed by atoms with E-state index in [0.29, 0.717) is 5.56 Å². The Kier molecular flexibility index (Phi) is 5.74. The van der Waals surface area contributed by atoms with Crippen LogP contribution in [0, 0.1) is 19.7 Å². The van der Waals surface area contributed by atoms with E-state index in [-0.39, 0.29) is 30.7 Å². The lowest BCUT2D eigenvalue weighted by molar-refractivity contribution is 0.101. The summed E-state index contributed by atoms with van der Waals surface area (Å²) in [6.07, 6.45) is 3.08. The number of aromatic nitrogens is 5. The summed E-state index contributed by atoms with van der Waals surface area (Å²) in [6.45, 7) is 4.38. The van der Waals surface area contributed by atoms with E-state index in [4.69, 9.17) is 4.74 Å². The van der Waals surface area contributed by atoms with Gasteiger partial charge in [0, 0.05) is 11.8 Å². The van der Waals surface area contributed by atoms with Gasteiger partial charge in [0.2, 0.25) is 5.95 Å². The second-order valence-electron chi connectivity index (χ2n) is 7.15. The maximum atomic E-state index is 13.8. The Bertz CT molecular complexity index is 1200. The first kappa shape index (κ1) is 20.3. The molecular formula is C22H21FN6O2. The number of hydrogen-bond donors (Lipinski definition) is 1. The summed E-state index contributed by atoms with van der Waals surface area (Å²) < 4.78 is 22.5. The summed E-state index contributed by atoms with van der Waals surface area (Å²) >= 11 is 0. The van der Waals surface area contributed by atoms with Crippen LogP contribution in [0.15, 0.2) is 61.1 Å². The minimum absolute atomic E-state index is 0.113. The molecule has 0 fully saturated rings. The standard InChI is InChI=1S/C22H21FN6O2/c1-15-9-16(2)11-18(10-15)31-14-28-8-7-20(26-28)21(30)25-22-24-13-29(27-22)12-17-5-3-4-6-19(17)23/h3-11,13H,12,14H2,1-2H3,(H,25,27,30). The summed E-state index contributed by atoms with van der Waals surface area (Å²) in [5, 5.41) is 11.0. The minimum Gasteiger partial charge on any atom is -0.471 e. The number of aryl methyl sites for hydroxylation is 2. The van der Waals surface area contributed by atoms with Crippen molar-refractivity contribution in [1.82, 2.24) is 24.5 Å². The molecule has 8 nitrogen and oxygen atoms in total. The predicted molar refractivity (Wildman–Crippen MR) is 112 cm³/mol. The average Bonchev–Trinajstić information content (AvgIpc) is 3.37. The van der Waals surface area contributed by atoms with Crippen LogP contribution in [0.2, 0.25) is 0 Å². The lowest BCUT2D eigenvalue weighted by Gasteiger charge is -2.08. The van der Waals surface area contributed by atoms with E-state index in [9.17, 15) is 9.18 Å². The van der Waals surface area contributed by atoms with Gasteiger partial charge in [-0.25, -0.2) is 18.7 Å². The molecule has 0 atom stereocenters. The molecule has 4 rings (SSSR count). The van der Waals surface area contributed by atoms with E-state index in [1.165, 1.54) is 21.8 Å². The minimum atomic E-state index is -0.450. The summed E-state index contributed by atoms with van der Waals surface area (Å²) in [5.74, 6) is 0.0805. The zero-order valence-corrected chi connectivity index (χ0v) is 17.1. The average molecular weight is 420 g/mol. The monoisotopic (exact) mass is 420 g/mol. The Morgan fingerprint density at radius 3 is 2.61 bits per heavy atom. The summed E-state index contributed by atoms with van der Waals surface area (Å²) in [4.78, 5) is 16.5. The van der Waals surface area contributed by atoms with Crippen molar-refractivity contribution >= 4 is 11.9 Å². The SMILES string of the molecule is Cc1cc(C)cc(OCn2ccc(C(=O)Nc3ncn(Cc4ccccc4F)n3)n2)c1. The van der Waals surface area contributed by atoms with Gasteiger partial charge in [0.1, 0.15) is 17.9 Å². The Balaban J connectivity index is 1.35. The van der Waals surface area contributed by atoms with Gasteiger partial charge >= 0.3 is 0 Å². The molecule has 0 saturated heterocycles. The molecule has 1 amide bonds. The normalized spacial score (nSPS) is 10.8. The maximum Gasteiger partial charge on any atom is 0.278 e. The van der Waals surface area contributed by atoms with Crippen LogP contribution < -0.4 is 10.1 Å². The number of hydrogen-bond acceptors (Lipinski definition) is 5. The Morgan fingerprint density at radius 1 is 1.06 bits per heavy atom. The van der Waals surface area contributed by atoms with Gasteiger partial charge in [-0.15, -0.1) is 5.10 Å². The summed E-state index contributed by atoms with van der Waals surface area (Å²) in [7, 11) is 0. The first-order chi connectivity index (χ1) is 15.0. The second kappa shape index (κ2) is 8.78. The van der Waals surface area contributed by atoms with Gasteiger partial charge in [0.25, 0.3) is 5.91 Å². The number of carbonyl (C=O) groups is 1. The molecule has 2 aromatic heterocycles. The molecule has 0 aliphatic heterocycles. The number of nitrogens with zero attached hydrogens (tertiary/aromatic N) is 5. The van der Waals surface area contributed by atoms with E-state index >= 15 is 0 Å². The zero-order valence-electron chi connectivity index (χ0n) is 17.1. The van der Waals surface area contributed by atoms with Gasteiger partial charge in [-0.05, 0) is 49.2 Å². The topological polar surface area (TPSA) is 86.9 Å². The van der Waals surface area contributed by atoms with E-state index in [1.54, 1.807) is 30.5 Å². The molecule has 1 N–H and O–H groups in total. The van der Waals surface area contributed by atoms with Crippen LogP contribution >= 0.6 is 0 Å². The third-order valence-electron chi connectivity index (χ3n) is 4.48. The lowest BCUT2D eigenvalue weighted by Crippen LogP contribution is -2.15. The number of anilines is 1. The number of nitrogens with one attached hydrogen (secondary N) is 1. The van der Waals surface area contributed by atoms with Crippen molar-refractivity contribution in [1.29, 1.82) is 0 Å². The molecule has 0 unspecified atom stereocenters. The van der Waals surface area contributed by atoms with Crippen LogP contribution in [0.25, 0.3) is 0 Å². The van der Waals surface area contributed by atoms with Crippen LogP contribution in [-0.2, 0) is 13.3 Å². The summed E-state index contributed by atoms with van der Waals surface area (Å²) in [6, 6.07) is 13.9. The van der Waals surface area contributed by atoms with Crippen LogP contribution in [0.5, 0.6) is 5.75 Å². The number of rotatable bonds is 7. The van der Waals surface area contributed by atoms with Gasteiger partial charge in [0.15, 0.2) is 12.4 Å². The number of carbonyl (C=O) groups excluding carboxylic acids is 1. The maximum absolute atomic E-state index is 13.8. The molecule has 0 spiro atoms. The Labute approximate surface area is 178 Å². The number of halogens is 1. The van der Waals surface area contributed by atoms with Gasteiger partial charge in [-0.3, -0.25) is 10.1 Å². The smallest absolute Gasteiger partial charge is 0.278 e. The van der Waals surface area contributed by atoms with Crippen LogP contribution in [-0.4, -0.2) is 30.5 Å². The highest BCUT2D eigenvalue weighted by atomic mass is 19.1. The third-order valence-corrected chi connectivity index (χ3v) is 4.48. The highest BCUT2D eigenvalue weighted by molar-refractivity contribution is 6.01. The molecule has 9 heteroatoms. The first-order valence-corrected chi connectivity index (χ1v) is 9.65. The molecule has 0 radical (unpaired) electrons. The number of benzene rings is 2. The number of ether oxygens (including phenoxy) is 1. The molecule has 31 heavy (non-hydrogen) atoms. The number of amides is 1. The van der Waals surface area contributed by atoms with Gasteiger partial charge < -0.3 is 4.74 Å². The van der Waals surface area contributed by atoms with Crippen molar-refractivity contribution < 1.29 is 13.9 Å². The van der Waals surface area contributed by atoms with E-state index in [0.717, 1.165) is 16.9 Å². The van der Waals surface area contributed by atoms with Crippen molar-refractivity contribution in [2.75, 3.05) is 5.32 Å².